The Bertz CT molecular complexity index is 1070. The highest BCUT2D eigenvalue weighted by molar-refractivity contribution is 5.13. The molecule has 0 spiro atoms. The number of fused-ring (bicyclic) bond motifs is 2. The number of hydrogen-bond donors (Lipinski definition) is 4. The molecule has 12 nitrogen and oxygen atoms in total. The van der Waals surface area contributed by atoms with E-state index in [0.717, 1.165) is 31.2 Å². The van der Waals surface area contributed by atoms with Gasteiger partial charge in [0.25, 0.3) is 0 Å². The van der Waals surface area contributed by atoms with Crippen LogP contribution in [0.5, 0.6) is 0 Å². The largest absolute Gasteiger partial charge is 0.388 e. The molecule has 12 atom stereocenters. The van der Waals surface area contributed by atoms with Gasteiger partial charge in [-0.2, -0.15) is 0 Å². The molecular formula is C37H60O12. The van der Waals surface area contributed by atoms with Gasteiger partial charge >= 0.3 is 0 Å². The van der Waals surface area contributed by atoms with E-state index in [1.165, 1.54) is 0 Å². The molecule has 5 rings (SSSR count). The zero-order chi connectivity index (χ0) is 35.3. The van der Waals surface area contributed by atoms with Gasteiger partial charge in [-0.25, -0.2) is 0 Å². The Labute approximate surface area is 291 Å². The number of hydrogen-bond acceptors (Lipinski definition) is 12. The van der Waals surface area contributed by atoms with Crippen molar-refractivity contribution in [3.63, 3.8) is 0 Å². The van der Waals surface area contributed by atoms with Gasteiger partial charge < -0.3 is 58.3 Å². The fourth-order valence-corrected chi connectivity index (χ4v) is 6.35. The average Bonchev–Trinajstić information content (AvgIpc) is 3.08. The Morgan fingerprint density at radius 1 is 0.735 bits per heavy atom. The maximum atomic E-state index is 10.4. The van der Waals surface area contributed by atoms with E-state index in [0.29, 0.717) is 26.1 Å². The number of rotatable bonds is 15. The van der Waals surface area contributed by atoms with E-state index >= 15 is 0 Å². The topological polar surface area (TPSA) is 155 Å². The summed E-state index contributed by atoms with van der Waals surface area (Å²) in [4.78, 5) is 0. The maximum Gasteiger partial charge on any atom is 0.158 e. The van der Waals surface area contributed by atoms with Crippen LogP contribution in [0.25, 0.3) is 0 Å². The summed E-state index contributed by atoms with van der Waals surface area (Å²) < 4.78 is 45.9. The van der Waals surface area contributed by atoms with Crippen molar-refractivity contribution in [2.24, 2.45) is 0 Å². The maximum absolute atomic E-state index is 10.4. The van der Waals surface area contributed by atoms with Crippen molar-refractivity contribution >= 4 is 0 Å². The number of aliphatic hydroxyl groups is 4. The van der Waals surface area contributed by atoms with Crippen molar-refractivity contribution in [2.45, 2.75) is 166 Å². The highest BCUT2D eigenvalue weighted by Gasteiger charge is 2.50. The summed E-state index contributed by atoms with van der Waals surface area (Å²) in [7, 11) is 0. The highest BCUT2D eigenvalue weighted by atomic mass is 16.7. The van der Waals surface area contributed by atoms with Crippen LogP contribution in [-0.4, -0.2) is 126 Å². The molecule has 0 radical (unpaired) electrons. The van der Waals surface area contributed by atoms with Gasteiger partial charge in [0.05, 0.1) is 44.2 Å². The summed E-state index contributed by atoms with van der Waals surface area (Å²) in [6.07, 6.45) is 1.89. The van der Waals surface area contributed by atoms with Gasteiger partial charge in [-0.05, 0) is 52.5 Å². The summed E-state index contributed by atoms with van der Waals surface area (Å²) in [5.41, 5.74) is 1.09. The van der Waals surface area contributed by atoms with Crippen LogP contribution >= 0.6 is 0 Å². The molecule has 0 saturated carbocycles. The van der Waals surface area contributed by atoms with E-state index in [2.05, 4.69) is 6.92 Å². The summed E-state index contributed by atoms with van der Waals surface area (Å²) in [6, 6.07) is 9.92. The smallest absolute Gasteiger partial charge is 0.158 e. The third kappa shape index (κ3) is 12.6. The molecular weight excluding hydrogens is 636 g/mol. The third-order valence-corrected chi connectivity index (χ3v) is 8.84. The van der Waals surface area contributed by atoms with Crippen LogP contribution in [0, 0.1) is 0 Å². The fraction of sp³-hybridized carbons (Fsp3) is 0.784. The number of unbranched alkanes of at least 4 members (excludes halogenated alkanes) is 1. The summed E-state index contributed by atoms with van der Waals surface area (Å²) in [6.45, 7) is 11.3. The van der Waals surface area contributed by atoms with Crippen LogP contribution in [-0.2, 0) is 44.5 Å². The monoisotopic (exact) mass is 696 g/mol. The van der Waals surface area contributed by atoms with Crippen LogP contribution in [0.15, 0.2) is 42.5 Å². The van der Waals surface area contributed by atoms with Crippen molar-refractivity contribution in [1.82, 2.24) is 0 Å². The quantitative estimate of drug-likeness (QED) is 0.157. The van der Waals surface area contributed by atoms with Gasteiger partial charge in [0.15, 0.2) is 12.6 Å². The van der Waals surface area contributed by atoms with Crippen LogP contribution in [0.2, 0.25) is 0 Å². The minimum atomic E-state index is -1.23. The molecule has 12 heteroatoms. The molecule has 0 unspecified atom stereocenters. The molecule has 280 valence electrons. The first-order valence-corrected chi connectivity index (χ1v) is 18.1. The van der Waals surface area contributed by atoms with E-state index < -0.39 is 42.9 Å². The highest BCUT2D eigenvalue weighted by Crippen LogP contribution is 2.34. The average molecular weight is 697 g/mol. The number of aliphatic hydroxyl groups excluding tert-OH is 4. The first-order valence-electron chi connectivity index (χ1n) is 18.1. The third-order valence-electron chi connectivity index (χ3n) is 8.84. The fourth-order valence-electron chi connectivity index (χ4n) is 6.35. The second kappa shape index (κ2) is 20.5. The lowest BCUT2D eigenvalue weighted by Gasteiger charge is -2.47. The predicted octanol–water partition coefficient (Wildman–Crippen LogP) is 3.40. The molecule has 0 bridgehead atoms. The van der Waals surface area contributed by atoms with E-state index in [1.54, 1.807) is 0 Å². The molecule has 0 aromatic heterocycles. The normalized spacial score (nSPS) is 34.1. The Balaban J connectivity index is 0.000000221. The van der Waals surface area contributed by atoms with E-state index in [9.17, 15) is 20.4 Å². The molecule has 0 amide bonds. The molecule has 4 N–H and O–H groups in total. The van der Waals surface area contributed by atoms with Crippen molar-refractivity contribution in [3.8, 4) is 0 Å². The molecule has 4 heterocycles. The van der Waals surface area contributed by atoms with Crippen molar-refractivity contribution in [3.05, 3.63) is 48.0 Å². The van der Waals surface area contributed by atoms with Gasteiger partial charge in [0, 0.05) is 19.4 Å². The number of ether oxygens (including phenoxy) is 8. The summed E-state index contributed by atoms with van der Waals surface area (Å²) in [5, 5.41) is 41.3. The molecule has 49 heavy (non-hydrogen) atoms. The van der Waals surface area contributed by atoms with Gasteiger partial charge in [-0.1, -0.05) is 55.8 Å². The predicted molar refractivity (Wildman–Crippen MR) is 181 cm³/mol. The van der Waals surface area contributed by atoms with Gasteiger partial charge in [-0.15, -0.1) is 0 Å². The molecule has 1 aromatic rings. The second-order valence-electron chi connectivity index (χ2n) is 13.8. The lowest BCUT2D eigenvalue weighted by molar-refractivity contribution is -0.315. The van der Waals surface area contributed by atoms with Gasteiger partial charge in [0.2, 0.25) is 0 Å². The Morgan fingerprint density at radius 2 is 1.39 bits per heavy atom. The second-order valence-corrected chi connectivity index (χ2v) is 13.8. The summed E-state index contributed by atoms with van der Waals surface area (Å²) >= 11 is 0. The standard InChI is InChI=1S/C20H28O5.C17H32O7/c1-14(2)23-20-11-10-18-19(25-20)9-8-17(24-18)16(21)13-22-12-15-6-4-3-5-7-15;1-4-5-8-21-9-11(18)16-14(19)15(20)17-12(23-16)6-7-13(24-17)22-10(2)3/h3-9,14,16-21H,10-13H2,1-2H3;10-20H,4-9H2,1-3H3/t16-,17+,18-,19+,20-;11-,12-,13-,14-,15+,16-,17-/m00/s1. The Morgan fingerprint density at radius 3 is 2.06 bits per heavy atom. The van der Waals surface area contributed by atoms with E-state index in [1.807, 2.05) is 70.2 Å². The van der Waals surface area contributed by atoms with E-state index in [4.69, 9.17) is 37.9 Å². The van der Waals surface area contributed by atoms with Crippen LogP contribution in [0.3, 0.4) is 0 Å². The molecule has 4 aliphatic rings. The zero-order valence-electron chi connectivity index (χ0n) is 29.8. The van der Waals surface area contributed by atoms with Gasteiger partial charge in [0.1, 0.15) is 48.8 Å². The minimum Gasteiger partial charge on any atom is -0.388 e. The number of benzene rings is 1. The lowest BCUT2D eigenvalue weighted by atomic mass is 9.89. The van der Waals surface area contributed by atoms with Crippen molar-refractivity contribution in [2.75, 3.05) is 19.8 Å². The first kappa shape index (κ1) is 40.3. The summed E-state index contributed by atoms with van der Waals surface area (Å²) in [5.74, 6) is 0. The molecule has 3 fully saturated rings. The first-order chi connectivity index (χ1) is 23.5. The van der Waals surface area contributed by atoms with Crippen molar-refractivity contribution < 1.29 is 58.3 Å². The molecule has 3 saturated heterocycles. The minimum absolute atomic E-state index is 0.0213. The van der Waals surface area contributed by atoms with Crippen LogP contribution in [0.4, 0.5) is 0 Å². The Hall–Kier alpha value is -1.52. The molecule has 4 aliphatic heterocycles. The molecule has 1 aromatic carbocycles. The lowest BCUT2D eigenvalue weighted by Crippen LogP contribution is -2.64. The zero-order valence-corrected chi connectivity index (χ0v) is 29.8. The van der Waals surface area contributed by atoms with Crippen molar-refractivity contribution in [1.29, 1.82) is 0 Å². The SMILES string of the molecule is CC(C)O[C@@H]1CC[C@@H]2O[C@@H]([C@@H](O)COCc3ccccc3)C=C[C@H]2O1.CCCCOC[C@H](O)[C@@H]1O[C@H]2CC[C@@H](OC(C)C)O[C@@H]2[C@H](O)[C@@H]1O. The van der Waals surface area contributed by atoms with Gasteiger partial charge in [-0.3, -0.25) is 0 Å². The van der Waals surface area contributed by atoms with Crippen LogP contribution < -0.4 is 0 Å². The van der Waals surface area contributed by atoms with E-state index in [-0.39, 0.29) is 56.1 Å². The van der Waals surface area contributed by atoms with Crippen LogP contribution in [0.1, 0.15) is 78.7 Å². The Kier molecular flexibility index (Phi) is 16.8. The molecule has 0 aliphatic carbocycles.